The van der Waals surface area contributed by atoms with Crippen LogP contribution in [0.4, 0.5) is 5.95 Å². The fourth-order valence-electron chi connectivity index (χ4n) is 1.33. The first kappa shape index (κ1) is 15.6. The van der Waals surface area contributed by atoms with Crippen LogP contribution in [-0.4, -0.2) is 27.5 Å². The lowest BCUT2D eigenvalue weighted by Gasteiger charge is -2.17. The number of rotatable bonds is 5. The summed E-state index contributed by atoms with van der Waals surface area (Å²) >= 11 is 5.70. The van der Waals surface area contributed by atoms with Crippen LogP contribution in [0.5, 0.6) is 0 Å². The Balaban J connectivity index is 2.32. The molecule has 19 heavy (non-hydrogen) atoms. The molecule has 7 heteroatoms. The molecular weight excluding hydrogens is 266 g/mol. The van der Waals surface area contributed by atoms with Crippen LogP contribution in [-0.2, 0) is 4.79 Å². The lowest BCUT2D eigenvalue weighted by atomic mass is 9.90. The molecule has 2 N–H and O–H groups in total. The van der Waals surface area contributed by atoms with Crippen LogP contribution >= 0.6 is 11.6 Å². The maximum absolute atomic E-state index is 11.6. The average molecular weight is 286 g/mol. The molecule has 0 aliphatic heterocycles. The first-order valence-corrected chi connectivity index (χ1v) is 6.53. The van der Waals surface area contributed by atoms with Gasteiger partial charge < -0.3 is 10.6 Å². The number of anilines is 1. The van der Waals surface area contributed by atoms with Gasteiger partial charge in [-0.15, -0.1) is 0 Å². The van der Waals surface area contributed by atoms with Gasteiger partial charge in [-0.05, 0) is 30.4 Å². The van der Waals surface area contributed by atoms with Crippen LogP contribution in [0.2, 0.25) is 5.28 Å². The van der Waals surface area contributed by atoms with Crippen LogP contribution in [0, 0.1) is 12.3 Å². The third-order valence-corrected chi connectivity index (χ3v) is 2.52. The number of carbonyl (C=O) groups is 1. The maximum Gasteiger partial charge on any atom is 0.228 e. The number of aromatic nitrogens is 3. The molecule has 0 saturated carbocycles. The van der Waals surface area contributed by atoms with Gasteiger partial charge in [-0.3, -0.25) is 4.79 Å². The number of carbonyl (C=O) groups excluding carboxylic acids is 1. The first-order chi connectivity index (χ1) is 8.76. The van der Waals surface area contributed by atoms with Gasteiger partial charge in [0.05, 0.1) is 6.67 Å². The highest BCUT2D eigenvalue weighted by molar-refractivity contribution is 6.28. The topological polar surface area (TPSA) is 79.8 Å². The molecule has 0 aliphatic carbocycles. The monoisotopic (exact) mass is 285 g/mol. The predicted molar refractivity (Wildman–Crippen MR) is 74.9 cm³/mol. The SMILES string of the molecule is Cc1nc(Cl)nc(NCNC(=O)CCC(C)(C)C)n1. The van der Waals surface area contributed by atoms with Crippen molar-refractivity contribution in [1.29, 1.82) is 0 Å². The van der Waals surface area contributed by atoms with E-state index in [-0.39, 0.29) is 23.3 Å². The Morgan fingerprint density at radius 1 is 1.26 bits per heavy atom. The lowest BCUT2D eigenvalue weighted by molar-refractivity contribution is -0.121. The predicted octanol–water partition coefficient (Wildman–Crippen LogP) is 2.15. The van der Waals surface area contributed by atoms with Crippen molar-refractivity contribution in [2.75, 3.05) is 12.0 Å². The van der Waals surface area contributed by atoms with Gasteiger partial charge >= 0.3 is 0 Å². The summed E-state index contributed by atoms with van der Waals surface area (Å²) in [6, 6.07) is 0. The summed E-state index contributed by atoms with van der Waals surface area (Å²) in [5.41, 5.74) is 0.156. The average Bonchev–Trinajstić information content (AvgIpc) is 2.24. The summed E-state index contributed by atoms with van der Waals surface area (Å²) in [7, 11) is 0. The van der Waals surface area contributed by atoms with E-state index in [1.165, 1.54) is 0 Å². The van der Waals surface area contributed by atoms with Gasteiger partial charge in [0.15, 0.2) is 0 Å². The van der Waals surface area contributed by atoms with Crippen LogP contribution in [0.15, 0.2) is 0 Å². The van der Waals surface area contributed by atoms with Crippen molar-refractivity contribution in [1.82, 2.24) is 20.3 Å². The number of halogens is 1. The summed E-state index contributed by atoms with van der Waals surface area (Å²) in [4.78, 5) is 23.4. The second-order valence-corrected chi connectivity index (χ2v) is 5.83. The summed E-state index contributed by atoms with van der Waals surface area (Å²) < 4.78 is 0. The third-order valence-electron chi connectivity index (χ3n) is 2.35. The molecule has 0 aliphatic rings. The van der Waals surface area contributed by atoms with E-state index < -0.39 is 0 Å². The highest BCUT2D eigenvalue weighted by Crippen LogP contribution is 2.20. The lowest BCUT2D eigenvalue weighted by Crippen LogP contribution is -2.30. The van der Waals surface area contributed by atoms with Crippen molar-refractivity contribution in [3.8, 4) is 0 Å². The molecule has 1 heterocycles. The van der Waals surface area contributed by atoms with Crippen molar-refractivity contribution in [3.63, 3.8) is 0 Å². The minimum absolute atomic E-state index is 0.000648. The molecule has 1 rings (SSSR count). The number of amides is 1. The quantitative estimate of drug-likeness (QED) is 0.810. The van der Waals surface area contributed by atoms with Crippen LogP contribution in [0.3, 0.4) is 0 Å². The van der Waals surface area contributed by atoms with Gasteiger partial charge in [0.2, 0.25) is 17.1 Å². The molecule has 106 valence electrons. The summed E-state index contributed by atoms with van der Waals surface area (Å²) in [6.45, 7) is 8.31. The molecule has 1 amide bonds. The van der Waals surface area contributed by atoms with E-state index in [4.69, 9.17) is 11.6 Å². The zero-order chi connectivity index (χ0) is 14.5. The Morgan fingerprint density at radius 3 is 2.53 bits per heavy atom. The zero-order valence-corrected chi connectivity index (χ0v) is 12.5. The minimum atomic E-state index is -0.000648. The number of hydrogen-bond acceptors (Lipinski definition) is 5. The fourth-order valence-corrected chi connectivity index (χ4v) is 1.53. The van der Waals surface area contributed by atoms with Crippen LogP contribution in [0.1, 0.15) is 39.4 Å². The molecule has 0 bridgehead atoms. The Morgan fingerprint density at radius 2 is 1.95 bits per heavy atom. The van der Waals surface area contributed by atoms with Crippen molar-refractivity contribution < 1.29 is 4.79 Å². The van der Waals surface area contributed by atoms with Crippen LogP contribution in [0.25, 0.3) is 0 Å². The van der Waals surface area contributed by atoms with E-state index in [2.05, 4.69) is 46.4 Å². The number of hydrogen-bond donors (Lipinski definition) is 2. The highest BCUT2D eigenvalue weighted by Gasteiger charge is 2.12. The second-order valence-electron chi connectivity index (χ2n) is 5.49. The van der Waals surface area contributed by atoms with Gasteiger partial charge in [0.25, 0.3) is 0 Å². The van der Waals surface area contributed by atoms with Crippen LogP contribution < -0.4 is 10.6 Å². The molecule has 0 fully saturated rings. The molecule has 6 nitrogen and oxygen atoms in total. The highest BCUT2D eigenvalue weighted by atomic mass is 35.5. The molecular formula is C12H20ClN5O. The molecule has 1 aromatic heterocycles. The molecule has 0 spiro atoms. The van der Waals surface area contributed by atoms with E-state index in [1.807, 2.05) is 0 Å². The molecule has 0 atom stereocenters. The van der Waals surface area contributed by atoms with Gasteiger partial charge in [0.1, 0.15) is 5.82 Å². The van der Waals surface area contributed by atoms with Gasteiger partial charge in [0, 0.05) is 6.42 Å². The number of nitrogens with one attached hydrogen (secondary N) is 2. The number of nitrogens with zero attached hydrogens (tertiary/aromatic N) is 3. The fraction of sp³-hybridized carbons (Fsp3) is 0.667. The summed E-state index contributed by atoms with van der Waals surface area (Å²) in [5.74, 6) is 0.884. The third kappa shape index (κ3) is 6.91. The van der Waals surface area contributed by atoms with E-state index >= 15 is 0 Å². The minimum Gasteiger partial charge on any atom is -0.339 e. The van der Waals surface area contributed by atoms with Crippen molar-refractivity contribution in [2.45, 2.75) is 40.5 Å². The largest absolute Gasteiger partial charge is 0.339 e. The molecule has 0 unspecified atom stereocenters. The normalized spacial score (nSPS) is 11.2. The smallest absolute Gasteiger partial charge is 0.228 e. The Hall–Kier alpha value is -1.43. The number of aryl methyl sites for hydroxylation is 1. The summed E-state index contributed by atoms with van der Waals surface area (Å²) in [6.07, 6.45) is 1.34. The van der Waals surface area contributed by atoms with E-state index in [1.54, 1.807) is 6.92 Å². The Labute approximate surface area is 118 Å². The summed E-state index contributed by atoms with van der Waals surface area (Å²) in [5, 5.41) is 5.76. The van der Waals surface area contributed by atoms with Gasteiger partial charge in [-0.25, -0.2) is 4.98 Å². The van der Waals surface area contributed by atoms with Crippen molar-refractivity contribution >= 4 is 23.5 Å². The van der Waals surface area contributed by atoms with E-state index in [9.17, 15) is 4.79 Å². The van der Waals surface area contributed by atoms with Crippen molar-refractivity contribution in [2.24, 2.45) is 5.41 Å². The molecule has 1 aromatic rings. The van der Waals surface area contributed by atoms with Gasteiger partial charge in [-0.1, -0.05) is 20.8 Å². The molecule has 0 aromatic carbocycles. The van der Waals surface area contributed by atoms with E-state index in [0.29, 0.717) is 18.2 Å². The Bertz CT molecular complexity index is 424. The van der Waals surface area contributed by atoms with Crippen molar-refractivity contribution in [3.05, 3.63) is 11.1 Å². The zero-order valence-electron chi connectivity index (χ0n) is 11.7. The van der Waals surface area contributed by atoms with Gasteiger partial charge in [-0.2, -0.15) is 9.97 Å². The molecule has 0 saturated heterocycles. The second kappa shape index (κ2) is 6.65. The maximum atomic E-state index is 11.6. The standard InChI is InChI=1S/C12H20ClN5O/c1-8-16-10(13)18-11(17-8)15-7-14-9(19)5-6-12(2,3)4/h5-7H2,1-4H3,(H,14,19)(H,15,16,17,18). The molecule has 0 radical (unpaired) electrons. The van der Waals surface area contributed by atoms with E-state index in [0.717, 1.165) is 6.42 Å². The first-order valence-electron chi connectivity index (χ1n) is 6.15. The Kier molecular flexibility index (Phi) is 5.47.